The van der Waals surface area contributed by atoms with Gasteiger partial charge in [0.15, 0.2) is 0 Å². The summed E-state index contributed by atoms with van der Waals surface area (Å²) >= 11 is 0. The quantitative estimate of drug-likeness (QED) is 0.773. The highest BCUT2D eigenvalue weighted by Gasteiger charge is 2.30. The number of aliphatic hydroxyl groups excluding tert-OH is 1. The van der Waals surface area contributed by atoms with Gasteiger partial charge in [-0.05, 0) is 39.0 Å². The number of nitrogens with zero attached hydrogens (tertiary/aromatic N) is 1. The molecule has 1 aliphatic rings. The molecule has 1 rings (SSSR count). The molecule has 0 bridgehead atoms. The SMILES string of the molecule is CCCCC(CC)C(=O)N1CCCCCC1CC(C)O. The maximum absolute atomic E-state index is 12.8. The highest BCUT2D eigenvalue weighted by molar-refractivity contribution is 5.79. The lowest BCUT2D eigenvalue weighted by molar-refractivity contribution is -0.138. The van der Waals surface area contributed by atoms with Crippen molar-refractivity contribution in [2.45, 2.75) is 90.7 Å². The molecule has 1 heterocycles. The van der Waals surface area contributed by atoms with Crippen molar-refractivity contribution in [1.82, 2.24) is 4.90 Å². The van der Waals surface area contributed by atoms with Crippen LogP contribution in [0.5, 0.6) is 0 Å². The topological polar surface area (TPSA) is 40.5 Å². The Balaban J connectivity index is 2.71. The number of hydrogen-bond donors (Lipinski definition) is 1. The van der Waals surface area contributed by atoms with E-state index in [0.29, 0.717) is 5.91 Å². The molecule has 0 radical (unpaired) electrons. The highest BCUT2D eigenvalue weighted by Crippen LogP contribution is 2.25. The highest BCUT2D eigenvalue weighted by atomic mass is 16.3. The van der Waals surface area contributed by atoms with Crippen molar-refractivity contribution in [3.8, 4) is 0 Å². The van der Waals surface area contributed by atoms with E-state index in [2.05, 4.69) is 18.7 Å². The van der Waals surface area contributed by atoms with E-state index in [1.165, 1.54) is 12.8 Å². The van der Waals surface area contributed by atoms with Crippen LogP contribution in [0.15, 0.2) is 0 Å². The van der Waals surface area contributed by atoms with Gasteiger partial charge in [-0.3, -0.25) is 4.79 Å². The Morgan fingerprint density at radius 3 is 2.65 bits per heavy atom. The summed E-state index contributed by atoms with van der Waals surface area (Å²) in [6.07, 6.45) is 9.24. The van der Waals surface area contributed by atoms with Crippen molar-refractivity contribution < 1.29 is 9.90 Å². The summed E-state index contributed by atoms with van der Waals surface area (Å²) in [5.74, 6) is 0.526. The Kier molecular flexibility index (Phi) is 8.20. The first-order valence-corrected chi connectivity index (χ1v) is 8.58. The van der Waals surface area contributed by atoms with Gasteiger partial charge in [-0.2, -0.15) is 0 Å². The molecule has 0 aromatic heterocycles. The zero-order valence-corrected chi connectivity index (χ0v) is 13.6. The van der Waals surface area contributed by atoms with Crippen LogP contribution >= 0.6 is 0 Å². The number of unbranched alkanes of at least 4 members (excludes halogenated alkanes) is 1. The van der Waals surface area contributed by atoms with Gasteiger partial charge in [0, 0.05) is 18.5 Å². The van der Waals surface area contributed by atoms with Gasteiger partial charge < -0.3 is 10.0 Å². The van der Waals surface area contributed by atoms with Gasteiger partial charge in [-0.1, -0.05) is 39.5 Å². The first-order chi connectivity index (χ1) is 9.60. The average molecular weight is 283 g/mol. The predicted octanol–water partition coefficient (Wildman–Crippen LogP) is 3.74. The van der Waals surface area contributed by atoms with Crippen LogP contribution in [0.4, 0.5) is 0 Å². The molecule has 0 saturated carbocycles. The molecule has 1 N–H and O–H groups in total. The van der Waals surface area contributed by atoms with Gasteiger partial charge in [-0.25, -0.2) is 0 Å². The van der Waals surface area contributed by atoms with Gasteiger partial charge in [-0.15, -0.1) is 0 Å². The molecule has 0 aliphatic carbocycles. The van der Waals surface area contributed by atoms with Crippen LogP contribution < -0.4 is 0 Å². The summed E-state index contributed by atoms with van der Waals surface area (Å²) in [4.78, 5) is 14.9. The summed E-state index contributed by atoms with van der Waals surface area (Å²) in [5.41, 5.74) is 0. The first-order valence-electron chi connectivity index (χ1n) is 8.58. The number of amides is 1. The maximum atomic E-state index is 12.8. The lowest BCUT2D eigenvalue weighted by atomic mass is 9.95. The van der Waals surface area contributed by atoms with Crippen molar-refractivity contribution in [2.75, 3.05) is 6.54 Å². The summed E-state index contributed by atoms with van der Waals surface area (Å²) in [7, 11) is 0. The van der Waals surface area contributed by atoms with E-state index in [4.69, 9.17) is 0 Å². The van der Waals surface area contributed by atoms with Gasteiger partial charge in [0.05, 0.1) is 6.10 Å². The smallest absolute Gasteiger partial charge is 0.225 e. The predicted molar refractivity (Wildman–Crippen MR) is 83.6 cm³/mol. The number of rotatable bonds is 7. The Hall–Kier alpha value is -0.570. The number of hydrogen-bond acceptors (Lipinski definition) is 2. The lowest BCUT2D eigenvalue weighted by Gasteiger charge is -2.33. The summed E-state index contributed by atoms with van der Waals surface area (Å²) in [5, 5.41) is 9.70. The third-order valence-electron chi connectivity index (χ3n) is 4.52. The molecule has 1 saturated heterocycles. The summed E-state index contributed by atoms with van der Waals surface area (Å²) in [6, 6.07) is 0.251. The Labute approximate surface area is 124 Å². The summed E-state index contributed by atoms with van der Waals surface area (Å²) < 4.78 is 0. The maximum Gasteiger partial charge on any atom is 0.225 e. The van der Waals surface area contributed by atoms with Gasteiger partial charge in [0.25, 0.3) is 0 Å². The molecule has 1 aliphatic heterocycles. The van der Waals surface area contributed by atoms with Crippen molar-refractivity contribution >= 4 is 5.91 Å². The van der Waals surface area contributed by atoms with E-state index in [1.54, 1.807) is 0 Å². The van der Waals surface area contributed by atoms with Crippen LogP contribution in [-0.2, 0) is 4.79 Å². The monoisotopic (exact) mass is 283 g/mol. The number of carbonyl (C=O) groups is 1. The second-order valence-electron chi connectivity index (χ2n) is 6.37. The van der Waals surface area contributed by atoms with Crippen LogP contribution in [0.3, 0.4) is 0 Å². The second-order valence-corrected chi connectivity index (χ2v) is 6.37. The van der Waals surface area contributed by atoms with Gasteiger partial charge in [0.1, 0.15) is 0 Å². The van der Waals surface area contributed by atoms with E-state index in [9.17, 15) is 9.90 Å². The Morgan fingerprint density at radius 1 is 1.30 bits per heavy atom. The molecule has 3 unspecified atom stereocenters. The number of carbonyl (C=O) groups excluding carboxylic acids is 1. The van der Waals surface area contributed by atoms with Crippen LogP contribution in [0.2, 0.25) is 0 Å². The second kappa shape index (κ2) is 9.38. The molecular formula is C17H33NO2. The molecular weight excluding hydrogens is 250 g/mol. The van der Waals surface area contributed by atoms with Crippen molar-refractivity contribution in [1.29, 1.82) is 0 Å². The van der Waals surface area contributed by atoms with Crippen LogP contribution in [0.25, 0.3) is 0 Å². The minimum atomic E-state index is -0.316. The van der Waals surface area contributed by atoms with E-state index in [-0.39, 0.29) is 18.1 Å². The third-order valence-corrected chi connectivity index (χ3v) is 4.52. The van der Waals surface area contributed by atoms with Crippen LogP contribution in [0.1, 0.15) is 78.6 Å². The largest absolute Gasteiger partial charge is 0.393 e. The van der Waals surface area contributed by atoms with Gasteiger partial charge >= 0.3 is 0 Å². The first kappa shape index (κ1) is 17.5. The van der Waals surface area contributed by atoms with Crippen molar-refractivity contribution in [3.05, 3.63) is 0 Å². The fourth-order valence-corrected chi connectivity index (χ4v) is 3.29. The molecule has 20 heavy (non-hydrogen) atoms. The molecule has 3 atom stereocenters. The average Bonchev–Trinajstić information content (AvgIpc) is 2.64. The van der Waals surface area contributed by atoms with Gasteiger partial charge in [0.2, 0.25) is 5.91 Å². The molecule has 1 fully saturated rings. The minimum absolute atomic E-state index is 0.185. The van der Waals surface area contributed by atoms with Crippen molar-refractivity contribution in [3.63, 3.8) is 0 Å². The van der Waals surface area contributed by atoms with E-state index in [0.717, 1.165) is 51.5 Å². The molecule has 3 heteroatoms. The zero-order valence-electron chi connectivity index (χ0n) is 13.6. The molecule has 118 valence electrons. The van der Waals surface area contributed by atoms with Crippen LogP contribution in [0, 0.1) is 5.92 Å². The van der Waals surface area contributed by atoms with Crippen molar-refractivity contribution in [2.24, 2.45) is 5.92 Å². The standard InChI is InChI=1S/C17H33NO2/c1-4-6-10-15(5-2)17(20)18-12-9-7-8-11-16(18)13-14(3)19/h14-16,19H,4-13H2,1-3H3. The minimum Gasteiger partial charge on any atom is -0.393 e. The molecule has 0 aromatic rings. The normalized spacial score (nSPS) is 23.2. The Bertz CT molecular complexity index is 278. The number of likely N-dealkylation sites (tertiary alicyclic amines) is 1. The fraction of sp³-hybridized carbons (Fsp3) is 0.941. The lowest BCUT2D eigenvalue weighted by Crippen LogP contribution is -2.44. The zero-order chi connectivity index (χ0) is 15.0. The fourth-order valence-electron chi connectivity index (χ4n) is 3.29. The van der Waals surface area contributed by atoms with Crippen LogP contribution in [-0.4, -0.2) is 34.6 Å². The summed E-state index contributed by atoms with van der Waals surface area (Å²) in [6.45, 7) is 7.03. The molecule has 0 spiro atoms. The van der Waals surface area contributed by atoms with E-state index in [1.807, 2.05) is 6.92 Å². The van der Waals surface area contributed by atoms with E-state index >= 15 is 0 Å². The molecule has 0 aromatic carbocycles. The molecule has 3 nitrogen and oxygen atoms in total. The van der Waals surface area contributed by atoms with E-state index < -0.39 is 0 Å². The third kappa shape index (κ3) is 5.43. The molecule has 1 amide bonds. The Morgan fingerprint density at radius 2 is 2.05 bits per heavy atom. The number of aliphatic hydroxyl groups is 1.